The lowest BCUT2D eigenvalue weighted by molar-refractivity contribution is -0.385. The van der Waals surface area contributed by atoms with Crippen LogP contribution in [-0.4, -0.2) is 48.9 Å². The minimum atomic E-state index is -0.487. The number of likely N-dealkylation sites (N-methyl/N-ethyl adjacent to an activating group) is 1. The van der Waals surface area contributed by atoms with Crippen molar-refractivity contribution in [3.63, 3.8) is 0 Å². The number of nitro benzene ring substituents is 1. The monoisotopic (exact) mass is 387 g/mol. The fraction of sp³-hybridized carbons (Fsp3) is 0.263. The van der Waals surface area contributed by atoms with Crippen molar-refractivity contribution in [2.24, 2.45) is 0 Å². The summed E-state index contributed by atoms with van der Waals surface area (Å²) in [6.45, 7) is 1.14. The molecule has 0 unspecified atom stereocenters. The van der Waals surface area contributed by atoms with Crippen molar-refractivity contribution >= 4 is 23.2 Å². The van der Waals surface area contributed by atoms with Crippen LogP contribution in [0.5, 0.6) is 11.5 Å². The van der Waals surface area contributed by atoms with Gasteiger partial charge in [-0.3, -0.25) is 19.7 Å². The molecule has 2 amide bonds. The number of carbonyl (C=O) groups excluding carboxylic acids is 2. The molecule has 0 radical (unpaired) electrons. The Bertz CT molecular complexity index is 884. The summed E-state index contributed by atoms with van der Waals surface area (Å²) in [4.78, 5) is 35.8. The van der Waals surface area contributed by atoms with E-state index in [2.05, 4.69) is 5.32 Å². The maximum atomic E-state index is 12.2. The summed E-state index contributed by atoms with van der Waals surface area (Å²) in [5.41, 5.74) is 0.966. The first-order valence-corrected chi connectivity index (χ1v) is 8.36. The van der Waals surface area contributed by atoms with Crippen molar-refractivity contribution in [2.75, 3.05) is 32.6 Å². The number of benzene rings is 2. The number of anilines is 1. The highest BCUT2D eigenvalue weighted by Crippen LogP contribution is 2.23. The summed E-state index contributed by atoms with van der Waals surface area (Å²) in [6.07, 6.45) is 0. The zero-order valence-corrected chi connectivity index (χ0v) is 15.8. The summed E-state index contributed by atoms with van der Waals surface area (Å²) < 4.78 is 10.5. The number of aryl methyl sites for hydroxylation is 1. The number of amides is 2. The lowest BCUT2D eigenvalue weighted by atomic mass is 10.2. The van der Waals surface area contributed by atoms with Gasteiger partial charge in [-0.25, -0.2) is 0 Å². The van der Waals surface area contributed by atoms with Gasteiger partial charge in [0.15, 0.2) is 6.61 Å². The lowest BCUT2D eigenvalue weighted by Gasteiger charge is -2.17. The van der Waals surface area contributed by atoms with Crippen LogP contribution in [0.4, 0.5) is 11.4 Å². The molecule has 28 heavy (non-hydrogen) atoms. The van der Waals surface area contributed by atoms with Crippen molar-refractivity contribution in [3.8, 4) is 11.5 Å². The van der Waals surface area contributed by atoms with Gasteiger partial charge in [0, 0.05) is 30.4 Å². The van der Waals surface area contributed by atoms with Gasteiger partial charge in [-0.05, 0) is 31.2 Å². The second-order valence-corrected chi connectivity index (χ2v) is 6.02. The molecule has 1 N–H and O–H groups in total. The minimum absolute atomic E-state index is 0.0231. The highest BCUT2D eigenvalue weighted by Gasteiger charge is 2.15. The molecule has 0 fully saturated rings. The fourth-order valence-electron chi connectivity index (χ4n) is 2.38. The van der Waals surface area contributed by atoms with Crippen LogP contribution >= 0.6 is 0 Å². The smallest absolute Gasteiger partial charge is 0.272 e. The van der Waals surface area contributed by atoms with Crippen LogP contribution in [0, 0.1) is 17.0 Å². The van der Waals surface area contributed by atoms with Gasteiger partial charge < -0.3 is 19.7 Å². The van der Waals surface area contributed by atoms with Crippen LogP contribution in [0.3, 0.4) is 0 Å². The molecule has 0 heterocycles. The Kier molecular flexibility index (Phi) is 6.91. The number of methoxy groups -OCH3 is 1. The molecule has 0 aliphatic rings. The molecule has 0 bridgehead atoms. The Balaban J connectivity index is 1.86. The van der Waals surface area contributed by atoms with Gasteiger partial charge in [-0.1, -0.05) is 6.07 Å². The standard InChI is InChI=1S/C19H21N3O6/c1-13-9-16(7-8-17(13)22(25)26)28-12-19(24)21(2)11-18(23)20-14-5-4-6-15(10-14)27-3/h4-10H,11-12H2,1-3H3,(H,20,23). The maximum Gasteiger partial charge on any atom is 0.272 e. The average molecular weight is 387 g/mol. The number of rotatable bonds is 8. The molecule has 0 aliphatic heterocycles. The molecule has 0 spiro atoms. The van der Waals surface area contributed by atoms with Crippen LogP contribution in [0.2, 0.25) is 0 Å². The number of ether oxygens (including phenoxy) is 2. The van der Waals surface area contributed by atoms with Crippen LogP contribution in [-0.2, 0) is 9.59 Å². The largest absolute Gasteiger partial charge is 0.497 e. The first-order chi connectivity index (χ1) is 13.3. The third-order valence-corrected chi connectivity index (χ3v) is 3.89. The van der Waals surface area contributed by atoms with Crippen LogP contribution in [0.1, 0.15) is 5.56 Å². The van der Waals surface area contributed by atoms with E-state index in [9.17, 15) is 19.7 Å². The second-order valence-electron chi connectivity index (χ2n) is 6.02. The van der Waals surface area contributed by atoms with Crippen molar-refractivity contribution in [1.82, 2.24) is 4.90 Å². The molecule has 2 rings (SSSR count). The van der Waals surface area contributed by atoms with Crippen molar-refractivity contribution in [3.05, 3.63) is 58.1 Å². The van der Waals surface area contributed by atoms with Gasteiger partial charge >= 0.3 is 0 Å². The fourth-order valence-corrected chi connectivity index (χ4v) is 2.38. The maximum absolute atomic E-state index is 12.2. The summed E-state index contributed by atoms with van der Waals surface area (Å²) in [5, 5.41) is 13.5. The highest BCUT2D eigenvalue weighted by atomic mass is 16.6. The van der Waals surface area contributed by atoms with Gasteiger partial charge in [0.05, 0.1) is 18.6 Å². The first kappa shape index (κ1) is 20.7. The highest BCUT2D eigenvalue weighted by molar-refractivity contribution is 5.94. The molecule has 0 saturated heterocycles. The number of nitro groups is 1. The Morgan fingerprint density at radius 3 is 2.57 bits per heavy atom. The Morgan fingerprint density at radius 1 is 1.18 bits per heavy atom. The number of nitrogens with zero attached hydrogens (tertiary/aromatic N) is 2. The zero-order chi connectivity index (χ0) is 20.7. The first-order valence-electron chi connectivity index (χ1n) is 8.36. The number of hydrogen-bond acceptors (Lipinski definition) is 6. The summed E-state index contributed by atoms with van der Waals surface area (Å²) in [6, 6.07) is 11.1. The van der Waals surface area contributed by atoms with Crippen molar-refractivity contribution < 1.29 is 24.0 Å². The van der Waals surface area contributed by atoms with E-state index in [1.807, 2.05) is 0 Å². The molecule has 9 nitrogen and oxygen atoms in total. The average Bonchev–Trinajstić information content (AvgIpc) is 2.65. The zero-order valence-electron chi connectivity index (χ0n) is 15.8. The SMILES string of the molecule is COc1cccc(NC(=O)CN(C)C(=O)COc2ccc([N+](=O)[O-])c(C)c2)c1. The van der Waals surface area contributed by atoms with Crippen LogP contribution in [0.25, 0.3) is 0 Å². The quantitative estimate of drug-likeness (QED) is 0.550. The van der Waals surface area contributed by atoms with Crippen LogP contribution in [0.15, 0.2) is 42.5 Å². The molecule has 2 aromatic rings. The predicted molar refractivity (Wildman–Crippen MR) is 103 cm³/mol. The molecular formula is C19H21N3O6. The lowest BCUT2D eigenvalue weighted by Crippen LogP contribution is -2.37. The third-order valence-electron chi connectivity index (χ3n) is 3.89. The third kappa shape index (κ3) is 5.70. The summed E-state index contributed by atoms with van der Waals surface area (Å²) in [7, 11) is 3.01. The van der Waals surface area contributed by atoms with E-state index < -0.39 is 10.8 Å². The van der Waals surface area contributed by atoms with Gasteiger partial charge in [-0.15, -0.1) is 0 Å². The Morgan fingerprint density at radius 2 is 1.93 bits per heavy atom. The molecule has 0 aromatic heterocycles. The van der Waals surface area contributed by atoms with Gasteiger partial charge in [-0.2, -0.15) is 0 Å². The van der Waals surface area contributed by atoms with E-state index in [-0.39, 0.29) is 24.7 Å². The summed E-state index contributed by atoms with van der Waals surface area (Å²) >= 11 is 0. The normalized spacial score (nSPS) is 10.1. The van der Waals surface area contributed by atoms with E-state index in [1.54, 1.807) is 31.2 Å². The Labute approximate surface area is 162 Å². The van der Waals surface area contributed by atoms with E-state index in [1.165, 1.54) is 37.3 Å². The van der Waals surface area contributed by atoms with Gasteiger partial charge in [0.25, 0.3) is 11.6 Å². The van der Waals surface area contributed by atoms with Crippen LogP contribution < -0.4 is 14.8 Å². The number of nitrogens with one attached hydrogen (secondary N) is 1. The molecule has 0 atom stereocenters. The molecule has 0 aliphatic carbocycles. The molecule has 0 saturated carbocycles. The minimum Gasteiger partial charge on any atom is -0.497 e. The van der Waals surface area contributed by atoms with Crippen molar-refractivity contribution in [2.45, 2.75) is 6.92 Å². The number of carbonyl (C=O) groups is 2. The molecule has 148 valence electrons. The van der Waals surface area contributed by atoms with Gasteiger partial charge in [0.2, 0.25) is 5.91 Å². The predicted octanol–water partition coefficient (Wildman–Crippen LogP) is 2.39. The second kappa shape index (κ2) is 9.36. The van der Waals surface area contributed by atoms with Gasteiger partial charge in [0.1, 0.15) is 11.5 Å². The molecule has 2 aromatic carbocycles. The molecule has 9 heteroatoms. The van der Waals surface area contributed by atoms with E-state index in [0.29, 0.717) is 22.7 Å². The summed E-state index contributed by atoms with van der Waals surface area (Å²) in [5.74, 6) is 0.173. The Hall–Kier alpha value is -3.62. The number of hydrogen-bond donors (Lipinski definition) is 1. The van der Waals surface area contributed by atoms with E-state index in [0.717, 1.165) is 0 Å². The topological polar surface area (TPSA) is 111 Å². The van der Waals surface area contributed by atoms with E-state index in [4.69, 9.17) is 9.47 Å². The van der Waals surface area contributed by atoms with E-state index >= 15 is 0 Å². The van der Waals surface area contributed by atoms with Crippen molar-refractivity contribution in [1.29, 1.82) is 0 Å². The molecular weight excluding hydrogens is 366 g/mol.